The molecule has 2 aliphatic rings. The molecule has 0 aromatic heterocycles. The second kappa shape index (κ2) is 6.52. The van der Waals surface area contributed by atoms with Crippen molar-refractivity contribution in [1.82, 2.24) is 0 Å². The molecule has 3 nitrogen and oxygen atoms in total. The van der Waals surface area contributed by atoms with Gasteiger partial charge in [-0.1, -0.05) is 37.3 Å². The van der Waals surface area contributed by atoms with Gasteiger partial charge in [0.1, 0.15) is 0 Å². The Balaban J connectivity index is 1.56. The lowest BCUT2D eigenvalue weighted by Crippen LogP contribution is -2.43. The van der Waals surface area contributed by atoms with Gasteiger partial charge in [-0.05, 0) is 36.6 Å². The number of thioether (sulfide) groups is 1. The highest BCUT2D eigenvalue weighted by Gasteiger charge is 2.29. The fourth-order valence-electron chi connectivity index (χ4n) is 3.59. The Hall–Kier alpha value is -1.94. The van der Waals surface area contributed by atoms with Gasteiger partial charge in [0.2, 0.25) is 5.91 Å². The van der Waals surface area contributed by atoms with Crippen LogP contribution in [0, 0.1) is 0 Å². The van der Waals surface area contributed by atoms with Gasteiger partial charge in [0.05, 0.1) is 12.2 Å². The predicted molar refractivity (Wildman–Crippen MR) is 101 cm³/mol. The van der Waals surface area contributed by atoms with Crippen LogP contribution in [0.25, 0.3) is 0 Å². The van der Waals surface area contributed by atoms with Crippen LogP contribution in [0.1, 0.15) is 18.9 Å². The molecule has 1 amide bonds. The van der Waals surface area contributed by atoms with E-state index in [0.717, 1.165) is 31.6 Å². The van der Waals surface area contributed by atoms with E-state index in [1.807, 2.05) is 22.7 Å². The minimum Gasteiger partial charge on any atom is -0.360 e. The Morgan fingerprint density at radius 1 is 1.12 bits per heavy atom. The first-order valence-corrected chi connectivity index (χ1v) is 9.53. The summed E-state index contributed by atoms with van der Waals surface area (Å²) in [5.41, 5.74) is 3.58. The van der Waals surface area contributed by atoms with E-state index >= 15 is 0 Å². The minimum atomic E-state index is 0.205. The molecule has 0 spiro atoms. The third kappa shape index (κ3) is 2.80. The summed E-state index contributed by atoms with van der Waals surface area (Å²) in [6.07, 6.45) is 2.09. The Bertz CT molecular complexity index is 761. The summed E-state index contributed by atoms with van der Waals surface area (Å²) in [6, 6.07) is 16.7. The van der Waals surface area contributed by atoms with Crippen molar-refractivity contribution < 1.29 is 4.79 Å². The molecule has 0 aliphatic carbocycles. The van der Waals surface area contributed by atoms with Gasteiger partial charge in [0.15, 0.2) is 0 Å². The van der Waals surface area contributed by atoms with Gasteiger partial charge in [-0.3, -0.25) is 4.79 Å². The summed E-state index contributed by atoms with van der Waals surface area (Å²) < 4.78 is 0. The van der Waals surface area contributed by atoms with Crippen molar-refractivity contribution in [3.8, 4) is 0 Å². The first-order chi connectivity index (χ1) is 11.8. The molecule has 124 valence electrons. The van der Waals surface area contributed by atoms with Gasteiger partial charge < -0.3 is 9.80 Å². The Kier molecular flexibility index (Phi) is 4.23. The highest BCUT2D eigenvalue weighted by Crippen LogP contribution is 2.39. The molecule has 2 aromatic rings. The fraction of sp³-hybridized carbons (Fsp3) is 0.350. The smallest absolute Gasteiger partial charge is 0.246 e. The standard InChI is InChI=1S/C20H22N2OS/c1-2-16-13-21(18-9-5-6-10-19(18)24-16)14-20(23)22-12-11-15-7-3-4-8-17(15)22/h3-10,16H,2,11-14H2,1H3/t16-/m0/s1. The van der Waals surface area contributed by atoms with E-state index in [2.05, 4.69) is 54.3 Å². The molecule has 2 aromatic carbocycles. The zero-order chi connectivity index (χ0) is 16.5. The molecular formula is C20H22N2OS. The van der Waals surface area contributed by atoms with Crippen LogP contribution < -0.4 is 9.80 Å². The molecule has 2 aliphatic heterocycles. The van der Waals surface area contributed by atoms with Crippen LogP contribution in [0.4, 0.5) is 11.4 Å². The van der Waals surface area contributed by atoms with E-state index in [1.54, 1.807) is 0 Å². The van der Waals surface area contributed by atoms with E-state index in [0.29, 0.717) is 11.8 Å². The Morgan fingerprint density at radius 2 is 1.88 bits per heavy atom. The van der Waals surface area contributed by atoms with Crippen LogP contribution in [-0.4, -0.2) is 30.8 Å². The summed E-state index contributed by atoms with van der Waals surface area (Å²) in [5, 5.41) is 0.554. The second-order valence-corrected chi connectivity index (χ2v) is 7.76. The van der Waals surface area contributed by atoms with Gasteiger partial charge in [-0.25, -0.2) is 0 Å². The predicted octanol–water partition coefficient (Wildman–Crippen LogP) is 3.97. The van der Waals surface area contributed by atoms with Crippen molar-refractivity contribution in [3.63, 3.8) is 0 Å². The third-order valence-corrected chi connectivity index (χ3v) is 6.31. The van der Waals surface area contributed by atoms with Gasteiger partial charge in [0.25, 0.3) is 0 Å². The third-order valence-electron chi connectivity index (χ3n) is 4.89. The van der Waals surface area contributed by atoms with Crippen LogP contribution in [0.15, 0.2) is 53.4 Å². The SMILES string of the molecule is CC[C@H]1CN(CC(=O)N2CCc3ccccc32)c2ccccc2S1. The lowest BCUT2D eigenvalue weighted by Gasteiger charge is -2.35. The molecule has 0 bridgehead atoms. The number of rotatable bonds is 3. The van der Waals surface area contributed by atoms with Crippen LogP contribution in [0.3, 0.4) is 0 Å². The lowest BCUT2D eigenvalue weighted by molar-refractivity contribution is -0.117. The number of hydrogen-bond donors (Lipinski definition) is 0. The topological polar surface area (TPSA) is 23.6 Å². The largest absolute Gasteiger partial charge is 0.360 e. The summed E-state index contributed by atoms with van der Waals surface area (Å²) >= 11 is 1.94. The molecule has 0 unspecified atom stereocenters. The zero-order valence-corrected chi connectivity index (χ0v) is 14.8. The average molecular weight is 338 g/mol. The van der Waals surface area contributed by atoms with Crippen molar-refractivity contribution in [2.45, 2.75) is 29.9 Å². The van der Waals surface area contributed by atoms with E-state index in [1.165, 1.54) is 16.1 Å². The maximum Gasteiger partial charge on any atom is 0.246 e. The van der Waals surface area contributed by atoms with E-state index in [9.17, 15) is 4.79 Å². The summed E-state index contributed by atoms with van der Waals surface area (Å²) in [6.45, 7) is 4.43. The molecule has 1 atom stereocenters. The Labute approximate surface area is 147 Å². The number of carbonyl (C=O) groups excluding carboxylic acids is 1. The lowest BCUT2D eigenvalue weighted by atomic mass is 10.2. The molecule has 0 radical (unpaired) electrons. The molecule has 4 heteroatoms. The zero-order valence-electron chi connectivity index (χ0n) is 13.9. The summed E-state index contributed by atoms with van der Waals surface area (Å²) in [7, 11) is 0. The molecule has 2 heterocycles. The second-order valence-electron chi connectivity index (χ2n) is 6.42. The van der Waals surface area contributed by atoms with Crippen LogP contribution >= 0.6 is 11.8 Å². The van der Waals surface area contributed by atoms with E-state index in [-0.39, 0.29) is 5.91 Å². The summed E-state index contributed by atoms with van der Waals surface area (Å²) in [5.74, 6) is 0.205. The number of para-hydroxylation sites is 2. The quantitative estimate of drug-likeness (QED) is 0.846. The van der Waals surface area contributed by atoms with Gasteiger partial charge in [-0.2, -0.15) is 0 Å². The number of carbonyl (C=O) groups is 1. The molecule has 0 fully saturated rings. The van der Waals surface area contributed by atoms with E-state index < -0.39 is 0 Å². The number of fused-ring (bicyclic) bond motifs is 2. The maximum atomic E-state index is 13.0. The number of anilines is 2. The molecule has 0 N–H and O–H groups in total. The maximum absolute atomic E-state index is 13.0. The average Bonchev–Trinajstić information content (AvgIpc) is 3.05. The number of hydrogen-bond acceptors (Lipinski definition) is 3. The number of benzene rings is 2. The molecule has 0 saturated heterocycles. The van der Waals surface area contributed by atoms with Gasteiger partial charge >= 0.3 is 0 Å². The molecule has 24 heavy (non-hydrogen) atoms. The van der Waals surface area contributed by atoms with Crippen molar-refractivity contribution >= 4 is 29.0 Å². The van der Waals surface area contributed by atoms with Crippen LogP contribution in [0.5, 0.6) is 0 Å². The first-order valence-electron chi connectivity index (χ1n) is 8.65. The molecular weight excluding hydrogens is 316 g/mol. The van der Waals surface area contributed by atoms with Crippen molar-refractivity contribution in [3.05, 3.63) is 54.1 Å². The van der Waals surface area contributed by atoms with Gasteiger partial charge in [-0.15, -0.1) is 11.8 Å². The van der Waals surface area contributed by atoms with E-state index in [4.69, 9.17) is 0 Å². The normalized spacial score (nSPS) is 19.1. The molecule has 4 rings (SSSR count). The van der Waals surface area contributed by atoms with Crippen molar-refractivity contribution in [2.24, 2.45) is 0 Å². The number of nitrogens with zero attached hydrogens (tertiary/aromatic N) is 2. The highest BCUT2D eigenvalue weighted by molar-refractivity contribution is 8.00. The van der Waals surface area contributed by atoms with Crippen molar-refractivity contribution in [2.75, 3.05) is 29.4 Å². The van der Waals surface area contributed by atoms with Crippen molar-refractivity contribution in [1.29, 1.82) is 0 Å². The minimum absolute atomic E-state index is 0.205. The van der Waals surface area contributed by atoms with Gasteiger partial charge in [0, 0.05) is 28.9 Å². The van der Waals surface area contributed by atoms with Crippen LogP contribution in [-0.2, 0) is 11.2 Å². The molecule has 0 saturated carbocycles. The first kappa shape index (κ1) is 15.6. The highest BCUT2D eigenvalue weighted by atomic mass is 32.2. The number of amides is 1. The van der Waals surface area contributed by atoms with Crippen LogP contribution in [0.2, 0.25) is 0 Å². The summed E-state index contributed by atoms with van der Waals surface area (Å²) in [4.78, 5) is 18.5. The Morgan fingerprint density at radius 3 is 2.71 bits per heavy atom. The monoisotopic (exact) mass is 338 g/mol. The fourth-order valence-corrected chi connectivity index (χ4v) is 4.84.